The van der Waals surface area contributed by atoms with Crippen LogP contribution in [-0.2, 0) is 11.2 Å². The molecule has 0 aromatic carbocycles. The summed E-state index contributed by atoms with van der Waals surface area (Å²) in [7, 11) is 0. The monoisotopic (exact) mass is 438 g/mol. The molecular formula is C21H26N8O3. The second kappa shape index (κ2) is 9.18. The summed E-state index contributed by atoms with van der Waals surface area (Å²) in [5.74, 6) is 1.23. The molecule has 3 aromatic rings. The van der Waals surface area contributed by atoms with Gasteiger partial charge < -0.3 is 19.7 Å². The lowest BCUT2D eigenvalue weighted by atomic mass is 10.1. The lowest BCUT2D eigenvalue weighted by molar-refractivity contribution is -0.122. The van der Waals surface area contributed by atoms with Crippen LogP contribution in [-0.4, -0.2) is 69.2 Å². The Labute approximate surface area is 185 Å². The number of pyridine rings is 1. The topological polar surface area (TPSA) is 128 Å². The molecule has 2 amide bonds. The van der Waals surface area contributed by atoms with Gasteiger partial charge in [0, 0.05) is 55.9 Å². The van der Waals surface area contributed by atoms with Gasteiger partial charge in [-0.25, -0.2) is 19.7 Å². The van der Waals surface area contributed by atoms with E-state index >= 15 is 0 Å². The van der Waals surface area contributed by atoms with Crippen molar-refractivity contribution in [2.75, 3.05) is 41.3 Å². The molecule has 1 saturated heterocycles. The molecule has 32 heavy (non-hydrogen) atoms. The highest BCUT2D eigenvalue weighted by Gasteiger charge is 2.30. The van der Waals surface area contributed by atoms with Gasteiger partial charge in [-0.1, -0.05) is 0 Å². The van der Waals surface area contributed by atoms with Gasteiger partial charge in [0.05, 0.1) is 18.1 Å². The predicted octanol–water partition coefficient (Wildman–Crippen LogP) is 1.53. The van der Waals surface area contributed by atoms with Gasteiger partial charge in [-0.3, -0.25) is 15.0 Å². The van der Waals surface area contributed by atoms with E-state index in [0.29, 0.717) is 18.4 Å². The number of imidazole rings is 1. The van der Waals surface area contributed by atoms with Crippen LogP contribution in [0.4, 0.5) is 22.1 Å². The second-order valence-electron chi connectivity index (χ2n) is 7.79. The molecule has 11 heteroatoms. The van der Waals surface area contributed by atoms with E-state index in [9.17, 15) is 4.79 Å². The Kier molecular flexibility index (Phi) is 6.17. The maximum atomic E-state index is 12.9. The van der Waals surface area contributed by atoms with Gasteiger partial charge in [0.25, 0.3) is 6.47 Å². The summed E-state index contributed by atoms with van der Waals surface area (Å²) < 4.78 is 1.86. The van der Waals surface area contributed by atoms with Crippen molar-refractivity contribution < 1.29 is 14.7 Å². The molecule has 11 nitrogen and oxygen atoms in total. The maximum absolute atomic E-state index is 12.9. The number of piperazine rings is 1. The number of nitrogens with one attached hydrogen (secondary N) is 2. The Bertz CT molecular complexity index is 1130. The molecule has 3 aromatic heterocycles. The Morgan fingerprint density at radius 1 is 1.31 bits per heavy atom. The first-order valence-electron chi connectivity index (χ1n) is 10.4. The zero-order valence-corrected chi connectivity index (χ0v) is 18.0. The number of carbonyl (C=O) groups excluding carboxylic acids is 1. The fraction of sp³-hybridized carbons (Fsp3) is 0.381. The summed E-state index contributed by atoms with van der Waals surface area (Å²) in [6, 6.07) is 2.29. The van der Waals surface area contributed by atoms with Crippen molar-refractivity contribution in [1.29, 1.82) is 0 Å². The van der Waals surface area contributed by atoms with Crippen molar-refractivity contribution in [1.82, 2.24) is 24.7 Å². The fourth-order valence-electron chi connectivity index (χ4n) is 4.19. The fourth-order valence-corrected chi connectivity index (χ4v) is 4.19. The second-order valence-corrected chi connectivity index (χ2v) is 7.79. The van der Waals surface area contributed by atoms with Crippen molar-refractivity contribution >= 4 is 35.5 Å². The van der Waals surface area contributed by atoms with Crippen LogP contribution in [0.2, 0.25) is 0 Å². The standard InChI is InChI=1S/C20H24N8O.CH2O2/c1-13-10-26(8-6-21-13)16-3-5-22-19-15(16)4-7-28(19)20(29)25-17-12-27-11-14(2)24-18(27)9-23-17;2-1-3/h3,5,9,11-13,21H,4,6-8,10H2,1-2H3,(H,25,29);1H,(H,2,3)/t13-;/m1./s1. The Balaban J connectivity index is 0.000000775. The van der Waals surface area contributed by atoms with E-state index in [2.05, 4.69) is 43.5 Å². The number of fused-ring (bicyclic) bond motifs is 2. The van der Waals surface area contributed by atoms with Crippen molar-refractivity contribution in [2.45, 2.75) is 26.3 Å². The number of carboxylic acid groups (broad SMARTS) is 1. The molecule has 0 unspecified atom stereocenters. The SMILES string of the molecule is Cc1cn2cc(NC(=O)N3CCc4c(N5CCN[C@H](C)C5)ccnc43)ncc2n1.O=CO. The first-order valence-corrected chi connectivity index (χ1v) is 10.4. The van der Waals surface area contributed by atoms with E-state index < -0.39 is 0 Å². The lowest BCUT2D eigenvalue weighted by Gasteiger charge is -2.34. The van der Waals surface area contributed by atoms with Crippen LogP contribution in [0.25, 0.3) is 5.65 Å². The molecular weight excluding hydrogens is 412 g/mol. The minimum Gasteiger partial charge on any atom is -0.483 e. The quantitative estimate of drug-likeness (QED) is 0.514. The summed E-state index contributed by atoms with van der Waals surface area (Å²) in [5.41, 5.74) is 3.99. The first-order chi connectivity index (χ1) is 15.5. The summed E-state index contributed by atoms with van der Waals surface area (Å²) in [5, 5.41) is 13.3. The summed E-state index contributed by atoms with van der Waals surface area (Å²) >= 11 is 0. The molecule has 0 radical (unpaired) electrons. The van der Waals surface area contributed by atoms with Gasteiger partial charge in [0.15, 0.2) is 11.5 Å². The Morgan fingerprint density at radius 2 is 2.12 bits per heavy atom. The largest absolute Gasteiger partial charge is 0.483 e. The van der Waals surface area contributed by atoms with Crippen LogP contribution in [0.5, 0.6) is 0 Å². The average Bonchev–Trinajstić information content (AvgIpc) is 3.36. The summed E-state index contributed by atoms with van der Waals surface area (Å²) in [6.45, 7) is 7.36. The van der Waals surface area contributed by atoms with Gasteiger partial charge in [0.1, 0.15) is 5.82 Å². The molecule has 1 fully saturated rings. The number of aromatic nitrogens is 4. The number of amides is 2. The average molecular weight is 438 g/mol. The van der Waals surface area contributed by atoms with Crippen molar-refractivity contribution in [3.05, 3.63) is 42.1 Å². The van der Waals surface area contributed by atoms with Gasteiger partial charge in [-0.2, -0.15) is 0 Å². The van der Waals surface area contributed by atoms with Crippen LogP contribution in [0.1, 0.15) is 18.2 Å². The number of hydrogen-bond donors (Lipinski definition) is 3. The van der Waals surface area contributed by atoms with Crippen LogP contribution in [0, 0.1) is 6.92 Å². The van der Waals surface area contributed by atoms with Crippen molar-refractivity contribution in [3.8, 4) is 0 Å². The van der Waals surface area contributed by atoms with Crippen LogP contribution in [0.3, 0.4) is 0 Å². The molecule has 1 atom stereocenters. The zero-order valence-electron chi connectivity index (χ0n) is 18.0. The molecule has 2 aliphatic rings. The highest BCUT2D eigenvalue weighted by molar-refractivity contribution is 6.02. The van der Waals surface area contributed by atoms with Crippen LogP contribution >= 0.6 is 0 Å². The van der Waals surface area contributed by atoms with E-state index in [1.807, 2.05) is 17.5 Å². The zero-order chi connectivity index (χ0) is 22.7. The van der Waals surface area contributed by atoms with E-state index in [1.54, 1.807) is 23.5 Å². The first kappa shape index (κ1) is 21.5. The van der Waals surface area contributed by atoms with E-state index in [1.165, 1.54) is 5.69 Å². The van der Waals surface area contributed by atoms with Gasteiger partial charge >= 0.3 is 6.03 Å². The van der Waals surface area contributed by atoms with E-state index in [-0.39, 0.29) is 12.5 Å². The summed E-state index contributed by atoms with van der Waals surface area (Å²) in [6.07, 6.45) is 7.93. The molecule has 5 rings (SSSR count). The number of aryl methyl sites for hydroxylation is 1. The van der Waals surface area contributed by atoms with E-state index in [4.69, 9.17) is 9.90 Å². The molecule has 3 N–H and O–H groups in total. The Morgan fingerprint density at radius 3 is 2.91 bits per heavy atom. The molecule has 0 saturated carbocycles. The number of hydrogen-bond acceptors (Lipinski definition) is 7. The normalized spacial score (nSPS) is 17.5. The van der Waals surface area contributed by atoms with Crippen LogP contribution in [0.15, 0.2) is 30.9 Å². The molecule has 168 valence electrons. The van der Waals surface area contributed by atoms with E-state index in [0.717, 1.165) is 48.8 Å². The van der Waals surface area contributed by atoms with Crippen molar-refractivity contribution in [3.63, 3.8) is 0 Å². The smallest absolute Gasteiger partial charge is 0.328 e. The Hall–Kier alpha value is -3.73. The van der Waals surface area contributed by atoms with Gasteiger partial charge in [-0.15, -0.1) is 0 Å². The molecule has 0 bridgehead atoms. The molecule has 5 heterocycles. The highest BCUT2D eigenvalue weighted by atomic mass is 16.3. The van der Waals surface area contributed by atoms with Crippen LogP contribution < -0.4 is 20.4 Å². The van der Waals surface area contributed by atoms with Gasteiger partial charge in [-0.05, 0) is 26.3 Å². The number of nitrogens with zero attached hydrogens (tertiary/aromatic N) is 6. The predicted molar refractivity (Wildman–Crippen MR) is 120 cm³/mol. The molecule has 0 spiro atoms. The number of anilines is 3. The van der Waals surface area contributed by atoms with Gasteiger partial charge in [0.2, 0.25) is 0 Å². The third-order valence-corrected chi connectivity index (χ3v) is 5.50. The number of carbonyl (C=O) groups is 2. The lowest BCUT2D eigenvalue weighted by Crippen LogP contribution is -2.49. The third kappa shape index (κ3) is 4.33. The third-order valence-electron chi connectivity index (χ3n) is 5.50. The minimum atomic E-state index is -0.250. The highest BCUT2D eigenvalue weighted by Crippen LogP contribution is 2.34. The van der Waals surface area contributed by atoms with Crippen molar-refractivity contribution in [2.24, 2.45) is 0 Å². The number of urea groups is 1. The molecule has 2 aliphatic heterocycles. The number of rotatable bonds is 2. The summed E-state index contributed by atoms with van der Waals surface area (Å²) in [4.78, 5) is 38.6. The molecule has 0 aliphatic carbocycles. The minimum absolute atomic E-state index is 0.217. The maximum Gasteiger partial charge on any atom is 0.328 e.